The highest BCUT2D eigenvalue weighted by atomic mass is 15.3. The van der Waals surface area contributed by atoms with Crippen molar-refractivity contribution in [2.75, 3.05) is 31.1 Å². The third-order valence-corrected chi connectivity index (χ3v) is 4.73. The topological polar surface area (TPSA) is 50.1 Å². The van der Waals surface area contributed by atoms with Crippen molar-refractivity contribution < 1.29 is 0 Å². The number of anilines is 1. The van der Waals surface area contributed by atoms with Gasteiger partial charge in [0.2, 0.25) is 0 Å². The van der Waals surface area contributed by atoms with Gasteiger partial charge in [0.25, 0.3) is 0 Å². The average Bonchev–Trinajstić information content (AvgIpc) is 3.17. The Morgan fingerprint density at radius 1 is 0.923 bits per heavy atom. The zero-order valence-electron chi connectivity index (χ0n) is 15.3. The third kappa shape index (κ3) is 3.75. The van der Waals surface area contributed by atoms with Crippen molar-refractivity contribution in [3.63, 3.8) is 0 Å². The average molecular weight is 348 g/mol. The molecule has 0 amide bonds. The van der Waals surface area contributed by atoms with Crippen LogP contribution in [0.5, 0.6) is 0 Å². The highest BCUT2D eigenvalue weighted by Crippen LogP contribution is 2.18. The van der Waals surface area contributed by atoms with Crippen molar-refractivity contribution in [1.29, 1.82) is 0 Å². The molecule has 1 fully saturated rings. The highest BCUT2D eigenvalue weighted by molar-refractivity contribution is 5.44. The lowest BCUT2D eigenvalue weighted by molar-refractivity contribution is 0.249. The van der Waals surface area contributed by atoms with Crippen LogP contribution in [0.3, 0.4) is 0 Å². The normalized spacial score (nSPS) is 15.4. The summed E-state index contributed by atoms with van der Waals surface area (Å²) in [5.41, 5.74) is 2.71. The van der Waals surface area contributed by atoms with Gasteiger partial charge in [0.05, 0.1) is 0 Å². The number of hydrogen-bond donors (Lipinski definition) is 0. The minimum Gasteiger partial charge on any atom is -0.354 e. The van der Waals surface area contributed by atoms with E-state index < -0.39 is 0 Å². The molecule has 26 heavy (non-hydrogen) atoms. The largest absolute Gasteiger partial charge is 0.354 e. The van der Waals surface area contributed by atoms with Crippen LogP contribution in [0.15, 0.2) is 48.8 Å². The molecule has 2 aromatic heterocycles. The molecular formula is C20H24N6. The maximum Gasteiger partial charge on any atom is 0.159 e. The van der Waals surface area contributed by atoms with E-state index in [1.54, 1.807) is 10.9 Å². The van der Waals surface area contributed by atoms with Gasteiger partial charge in [-0.2, -0.15) is 5.10 Å². The first kappa shape index (κ1) is 16.7. The first-order valence-corrected chi connectivity index (χ1v) is 9.06. The van der Waals surface area contributed by atoms with Gasteiger partial charge in [-0.05, 0) is 25.5 Å². The summed E-state index contributed by atoms with van der Waals surface area (Å²) in [7, 11) is 0. The Hall–Kier alpha value is -2.73. The Labute approximate surface area is 154 Å². The molecular weight excluding hydrogens is 324 g/mol. The molecule has 1 aliphatic heterocycles. The molecule has 0 spiro atoms. The number of aryl methyl sites for hydroxylation is 2. The fourth-order valence-corrected chi connectivity index (χ4v) is 3.42. The number of piperazine rings is 1. The summed E-state index contributed by atoms with van der Waals surface area (Å²) in [6.45, 7) is 9.11. The molecule has 6 nitrogen and oxygen atoms in total. The van der Waals surface area contributed by atoms with Gasteiger partial charge in [0.15, 0.2) is 5.82 Å². The molecule has 1 aromatic carbocycles. The summed E-state index contributed by atoms with van der Waals surface area (Å²) in [5, 5.41) is 4.28. The molecule has 6 heteroatoms. The second-order valence-electron chi connectivity index (χ2n) is 6.83. The van der Waals surface area contributed by atoms with Crippen molar-refractivity contribution >= 4 is 5.82 Å². The molecule has 0 atom stereocenters. The van der Waals surface area contributed by atoms with Crippen LogP contribution in [0.25, 0.3) is 5.82 Å². The van der Waals surface area contributed by atoms with Gasteiger partial charge in [0, 0.05) is 51.2 Å². The van der Waals surface area contributed by atoms with E-state index in [1.165, 1.54) is 11.1 Å². The van der Waals surface area contributed by atoms with Crippen molar-refractivity contribution in [3.05, 3.63) is 65.7 Å². The number of benzene rings is 1. The monoisotopic (exact) mass is 348 g/mol. The molecule has 3 aromatic rings. The molecule has 0 bridgehead atoms. The second-order valence-corrected chi connectivity index (χ2v) is 6.83. The van der Waals surface area contributed by atoms with Gasteiger partial charge in [-0.15, -0.1) is 0 Å². The molecule has 3 heterocycles. The maximum absolute atomic E-state index is 4.64. The summed E-state index contributed by atoms with van der Waals surface area (Å²) < 4.78 is 1.78. The lowest BCUT2D eigenvalue weighted by Crippen LogP contribution is -2.46. The predicted molar refractivity (Wildman–Crippen MR) is 103 cm³/mol. The van der Waals surface area contributed by atoms with Crippen molar-refractivity contribution in [2.45, 2.75) is 20.4 Å². The summed E-state index contributed by atoms with van der Waals surface area (Å²) in [5.74, 6) is 2.58. The Morgan fingerprint density at radius 3 is 2.46 bits per heavy atom. The van der Waals surface area contributed by atoms with Crippen molar-refractivity contribution in [2.24, 2.45) is 0 Å². The van der Waals surface area contributed by atoms with Gasteiger partial charge in [-0.25, -0.2) is 14.6 Å². The first-order chi connectivity index (χ1) is 12.7. The molecule has 1 aliphatic rings. The van der Waals surface area contributed by atoms with Crippen LogP contribution in [0.2, 0.25) is 0 Å². The van der Waals surface area contributed by atoms with E-state index in [4.69, 9.17) is 0 Å². The van der Waals surface area contributed by atoms with Crippen LogP contribution < -0.4 is 4.90 Å². The van der Waals surface area contributed by atoms with Gasteiger partial charge >= 0.3 is 0 Å². The number of aromatic nitrogens is 4. The number of rotatable bonds is 4. The molecule has 0 aliphatic carbocycles. The van der Waals surface area contributed by atoms with E-state index in [2.05, 4.69) is 56.1 Å². The highest BCUT2D eigenvalue weighted by Gasteiger charge is 2.19. The Balaban J connectivity index is 1.43. The van der Waals surface area contributed by atoms with E-state index in [-0.39, 0.29) is 0 Å². The summed E-state index contributed by atoms with van der Waals surface area (Å²) in [4.78, 5) is 14.0. The van der Waals surface area contributed by atoms with E-state index in [9.17, 15) is 0 Å². The fraction of sp³-hybridized carbons (Fsp3) is 0.350. The van der Waals surface area contributed by atoms with Crippen LogP contribution in [-0.4, -0.2) is 50.8 Å². The minimum atomic E-state index is 0.773. The maximum atomic E-state index is 4.64. The minimum absolute atomic E-state index is 0.773. The van der Waals surface area contributed by atoms with E-state index in [0.29, 0.717) is 0 Å². The predicted octanol–water partition coefficient (Wildman–Crippen LogP) is 2.60. The Morgan fingerprint density at radius 2 is 1.73 bits per heavy atom. The number of hydrogen-bond acceptors (Lipinski definition) is 5. The molecule has 4 rings (SSSR count). The lowest BCUT2D eigenvalue weighted by atomic mass is 10.1. The van der Waals surface area contributed by atoms with Gasteiger partial charge in [0.1, 0.15) is 11.6 Å². The Bertz CT molecular complexity index is 866. The second kappa shape index (κ2) is 7.25. The molecule has 0 radical (unpaired) electrons. The standard InChI is InChI=1S/C20H24N6/c1-16-5-3-6-18(13-16)15-24-9-11-25(12-10-24)19-14-20(23-17(2)22-19)26-8-4-7-21-26/h3-8,13-14H,9-12,15H2,1-2H3. The van der Waals surface area contributed by atoms with Crippen LogP contribution in [-0.2, 0) is 6.54 Å². The Kier molecular flexibility index (Phi) is 4.67. The van der Waals surface area contributed by atoms with Crippen LogP contribution in [0.4, 0.5) is 5.82 Å². The summed E-state index contributed by atoms with van der Waals surface area (Å²) >= 11 is 0. The van der Waals surface area contributed by atoms with Gasteiger partial charge in [-0.3, -0.25) is 4.90 Å². The molecule has 1 saturated heterocycles. The van der Waals surface area contributed by atoms with E-state index >= 15 is 0 Å². The first-order valence-electron chi connectivity index (χ1n) is 9.06. The van der Waals surface area contributed by atoms with Crippen LogP contribution in [0.1, 0.15) is 17.0 Å². The third-order valence-electron chi connectivity index (χ3n) is 4.73. The summed E-state index contributed by atoms with van der Waals surface area (Å²) in [6.07, 6.45) is 3.67. The fourth-order valence-electron chi connectivity index (χ4n) is 3.42. The zero-order chi connectivity index (χ0) is 17.9. The SMILES string of the molecule is Cc1cccc(CN2CCN(c3cc(-n4cccn4)nc(C)n3)CC2)c1. The van der Waals surface area contributed by atoms with Crippen LogP contribution >= 0.6 is 0 Å². The van der Waals surface area contributed by atoms with Crippen molar-refractivity contribution in [3.8, 4) is 5.82 Å². The van der Waals surface area contributed by atoms with Gasteiger partial charge in [-0.1, -0.05) is 29.8 Å². The molecule has 0 unspecified atom stereocenters. The van der Waals surface area contributed by atoms with E-state index in [1.807, 2.05) is 25.3 Å². The molecule has 0 saturated carbocycles. The quantitative estimate of drug-likeness (QED) is 0.725. The van der Waals surface area contributed by atoms with Crippen molar-refractivity contribution in [1.82, 2.24) is 24.6 Å². The smallest absolute Gasteiger partial charge is 0.159 e. The van der Waals surface area contributed by atoms with E-state index in [0.717, 1.165) is 50.2 Å². The lowest BCUT2D eigenvalue weighted by Gasteiger charge is -2.35. The van der Waals surface area contributed by atoms with Gasteiger partial charge < -0.3 is 4.90 Å². The zero-order valence-corrected chi connectivity index (χ0v) is 15.3. The number of nitrogens with zero attached hydrogens (tertiary/aromatic N) is 6. The molecule has 134 valence electrons. The molecule has 0 N–H and O–H groups in total. The van der Waals surface area contributed by atoms with Crippen LogP contribution in [0, 0.1) is 13.8 Å². The summed E-state index contributed by atoms with van der Waals surface area (Å²) in [6, 6.07) is 12.7.